The van der Waals surface area contributed by atoms with Crippen molar-refractivity contribution in [3.8, 4) is 5.75 Å². The van der Waals surface area contributed by atoms with Crippen molar-refractivity contribution < 1.29 is 4.74 Å². The predicted octanol–water partition coefficient (Wildman–Crippen LogP) is 3.82. The summed E-state index contributed by atoms with van der Waals surface area (Å²) >= 11 is 0. The van der Waals surface area contributed by atoms with Crippen LogP contribution in [0.5, 0.6) is 5.75 Å². The summed E-state index contributed by atoms with van der Waals surface area (Å²) in [6.07, 6.45) is 7.43. The van der Waals surface area contributed by atoms with Gasteiger partial charge in [0.15, 0.2) is 0 Å². The average molecular weight is 254 g/mol. The molecule has 0 aliphatic rings. The highest BCUT2D eigenvalue weighted by Gasteiger charge is 1.99. The minimum Gasteiger partial charge on any atom is -0.491 e. The monoisotopic (exact) mass is 254 g/mol. The van der Waals surface area contributed by atoms with Gasteiger partial charge in [0.25, 0.3) is 0 Å². The van der Waals surface area contributed by atoms with Gasteiger partial charge in [-0.2, -0.15) is 0 Å². The Kier molecular flexibility index (Phi) is 4.29. The zero-order valence-corrected chi connectivity index (χ0v) is 11.5. The molecule has 0 aliphatic heterocycles. The zero-order valence-electron chi connectivity index (χ0n) is 11.5. The van der Waals surface area contributed by atoms with Gasteiger partial charge >= 0.3 is 0 Å². The van der Waals surface area contributed by atoms with Gasteiger partial charge < -0.3 is 4.74 Å². The molecule has 1 aromatic carbocycles. The number of aromatic nitrogens is 2. The van der Waals surface area contributed by atoms with Crippen LogP contribution < -0.4 is 4.74 Å². The molecule has 1 heterocycles. The molecule has 98 valence electrons. The molecule has 19 heavy (non-hydrogen) atoms. The lowest BCUT2D eigenvalue weighted by Crippen LogP contribution is -2.05. The minimum absolute atomic E-state index is 0.197. The molecule has 0 unspecified atom stereocenters. The molecule has 0 aliphatic carbocycles. The summed E-state index contributed by atoms with van der Waals surface area (Å²) in [7, 11) is 0. The second-order valence-electron chi connectivity index (χ2n) is 4.65. The fraction of sp³-hybridized carbons (Fsp3) is 0.250. The third-order valence-corrected chi connectivity index (χ3v) is 2.60. The van der Waals surface area contributed by atoms with E-state index in [-0.39, 0.29) is 6.10 Å². The Morgan fingerprint density at radius 1 is 1.16 bits per heavy atom. The number of nitrogens with zero attached hydrogens (tertiary/aromatic N) is 2. The molecule has 0 saturated carbocycles. The van der Waals surface area contributed by atoms with Gasteiger partial charge in [-0.05, 0) is 50.1 Å². The van der Waals surface area contributed by atoms with Crippen molar-refractivity contribution in [1.82, 2.24) is 9.97 Å². The lowest BCUT2D eigenvalue weighted by atomic mass is 10.1. The van der Waals surface area contributed by atoms with E-state index in [1.807, 2.05) is 45.0 Å². The van der Waals surface area contributed by atoms with Crippen LogP contribution in [-0.4, -0.2) is 16.1 Å². The summed E-state index contributed by atoms with van der Waals surface area (Å²) < 4.78 is 5.62. The largest absolute Gasteiger partial charge is 0.491 e. The first-order valence-corrected chi connectivity index (χ1v) is 6.36. The fourth-order valence-electron chi connectivity index (χ4n) is 1.74. The van der Waals surface area contributed by atoms with Crippen LogP contribution in [0.2, 0.25) is 0 Å². The maximum absolute atomic E-state index is 5.62. The highest BCUT2D eigenvalue weighted by atomic mass is 16.5. The molecule has 0 fully saturated rings. The summed E-state index contributed by atoms with van der Waals surface area (Å²) in [6, 6.07) is 8.04. The molecule has 3 nitrogen and oxygen atoms in total. The summed E-state index contributed by atoms with van der Waals surface area (Å²) in [6.45, 7) is 6.07. The molecule has 1 aromatic heterocycles. The molecule has 2 rings (SSSR count). The van der Waals surface area contributed by atoms with E-state index in [4.69, 9.17) is 4.74 Å². The van der Waals surface area contributed by atoms with E-state index in [0.29, 0.717) is 0 Å². The van der Waals surface area contributed by atoms with Crippen molar-refractivity contribution in [2.24, 2.45) is 0 Å². The molecule has 0 N–H and O–H groups in total. The van der Waals surface area contributed by atoms with Crippen LogP contribution in [0.3, 0.4) is 0 Å². The number of benzene rings is 1. The number of hydrogen-bond donors (Lipinski definition) is 0. The number of hydrogen-bond acceptors (Lipinski definition) is 3. The van der Waals surface area contributed by atoms with E-state index in [2.05, 4.69) is 16.0 Å². The summed E-state index contributed by atoms with van der Waals surface area (Å²) in [5.41, 5.74) is 3.11. The van der Waals surface area contributed by atoms with Crippen LogP contribution in [0.15, 0.2) is 42.9 Å². The second kappa shape index (κ2) is 6.14. The van der Waals surface area contributed by atoms with Crippen molar-refractivity contribution in [3.63, 3.8) is 0 Å². The van der Waals surface area contributed by atoms with Crippen molar-refractivity contribution in [2.75, 3.05) is 0 Å². The highest BCUT2D eigenvalue weighted by molar-refractivity contribution is 5.78. The lowest BCUT2D eigenvalue weighted by molar-refractivity contribution is 0.242. The quantitative estimate of drug-likeness (QED) is 0.831. The molecular formula is C16H18N2O. The molecule has 0 radical (unpaired) electrons. The molecule has 3 heteroatoms. The topological polar surface area (TPSA) is 35.0 Å². The van der Waals surface area contributed by atoms with Gasteiger partial charge in [-0.1, -0.05) is 12.1 Å². The Labute approximate surface area is 114 Å². The van der Waals surface area contributed by atoms with Gasteiger partial charge in [-0.25, -0.2) is 0 Å². The highest BCUT2D eigenvalue weighted by Crippen LogP contribution is 2.18. The Morgan fingerprint density at radius 3 is 2.47 bits per heavy atom. The molecule has 0 spiro atoms. The van der Waals surface area contributed by atoms with Crippen LogP contribution >= 0.6 is 0 Å². The Hall–Kier alpha value is -2.16. The normalized spacial score (nSPS) is 11.7. The van der Waals surface area contributed by atoms with E-state index in [0.717, 1.165) is 22.6 Å². The van der Waals surface area contributed by atoms with E-state index < -0.39 is 0 Å². The van der Waals surface area contributed by atoms with Crippen LogP contribution in [0, 0.1) is 0 Å². The third kappa shape index (κ3) is 3.91. The van der Waals surface area contributed by atoms with Crippen LogP contribution in [0.4, 0.5) is 0 Å². The molecule has 0 amide bonds. The SMILES string of the molecule is C/C(=C\c1ccc(OC(C)C)cc1)c1cnccn1. The number of ether oxygens (including phenoxy) is 1. The van der Waals surface area contributed by atoms with Crippen LogP contribution in [0.25, 0.3) is 11.6 Å². The first kappa shape index (κ1) is 13.3. The van der Waals surface area contributed by atoms with Crippen molar-refractivity contribution >= 4 is 11.6 Å². The smallest absolute Gasteiger partial charge is 0.119 e. The Morgan fingerprint density at radius 2 is 1.89 bits per heavy atom. The number of rotatable bonds is 4. The first-order valence-electron chi connectivity index (χ1n) is 6.36. The van der Waals surface area contributed by atoms with Gasteiger partial charge in [-0.3, -0.25) is 9.97 Å². The minimum atomic E-state index is 0.197. The van der Waals surface area contributed by atoms with Crippen LogP contribution in [-0.2, 0) is 0 Å². The summed E-state index contributed by atoms with van der Waals surface area (Å²) in [5.74, 6) is 0.893. The van der Waals surface area contributed by atoms with Crippen molar-refractivity contribution in [2.45, 2.75) is 26.9 Å². The van der Waals surface area contributed by atoms with E-state index in [9.17, 15) is 0 Å². The standard InChI is InChI=1S/C16H18N2O/c1-12(2)19-15-6-4-14(5-7-15)10-13(3)16-11-17-8-9-18-16/h4-12H,1-3H3/b13-10+. The van der Waals surface area contributed by atoms with Gasteiger partial charge in [0, 0.05) is 12.4 Å². The molecule has 0 atom stereocenters. The van der Waals surface area contributed by atoms with Gasteiger partial charge in [0.05, 0.1) is 18.0 Å². The predicted molar refractivity (Wildman–Crippen MR) is 77.8 cm³/mol. The van der Waals surface area contributed by atoms with Gasteiger partial charge in [0.1, 0.15) is 5.75 Å². The Bertz CT molecular complexity index is 545. The first-order chi connectivity index (χ1) is 9.15. The zero-order chi connectivity index (χ0) is 13.7. The van der Waals surface area contributed by atoms with Gasteiger partial charge in [-0.15, -0.1) is 0 Å². The molecule has 0 bridgehead atoms. The molecule has 0 saturated heterocycles. The summed E-state index contributed by atoms with van der Waals surface area (Å²) in [4.78, 5) is 8.35. The molecular weight excluding hydrogens is 236 g/mol. The fourth-order valence-corrected chi connectivity index (χ4v) is 1.74. The second-order valence-corrected chi connectivity index (χ2v) is 4.65. The maximum Gasteiger partial charge on any atom is 0.119 e. The van der Waals surface area contributed by atoms with E-state index in [1.165, 1.54) is 0 Å². The Balaban J connectivity index is 2.15. The van der Waals surface area contributed by atoms with Crippen molar-refractivity contribution in [1.29, 1.82) is 0 Å². The molecule has 2 aromatic rings. The van der Waals surface area contributed by atoms with Crippen molar-refractivity contribution in [3.05, 3.63) is 54.1 Å². The lowest BCUT2D eigenvalue weighted by Gasteiger charge is -2.09. The van der Waals surface area contributed by atoms with Gasteiger partial charge in [0.2, 0.25) is 0 Å². The van der Waals surface area contributed by atoms with E-state index in [1.54, 1.807) is 18.6 Å². The average Bonchev–Trinajstić information content (AvgIpc) is 2.41. The third-order valence-electron chi connectivity index (χ3n) is 2.60. The van der Waals surface area contributed by atoms with E-state index >= 15 is 0 Å². The maximum atomic E-state index is 5.62. The number of allylic oxidation sites excluding steroid dienone is 1. The summed E-state index contributed by atoms with van der Waals surface area (Å²) in [5, 5.41) is 0. The van der Waals surface area contributed by atoms with Crippen LogP contribution in [0.1, 0.15) is 32.0 Å².